The number of rotatable bonds is 4. The van der Waals surface area contributed by atoms with Crippen LogP contribution in [-0.2, 0) is 6.54 Å². The van der Waals surface area contributed by atoms with E-state index in [1.165, 1.54) is 5.56 Å². The predicted octanol–water partition coefficient (Wildman–Crippen LogP) is 4.05. The van der Waals surface area contributed by atoms with Gasteiger partial charge in [0.25, 0.3) is 0 Å². The molecule has 0 aliphatic rings. The van der Waals surface area contributed by atoms with Crippen LogP contribution in [0.25, 0.3) is 0 Å². The van der Waals surface area contributed by atoms with Crippen molar-refractivity contribution >= 4 is 31.9 Å². The summed E-state index contributed by atoms with van der Waals surface area (Å²) in [7, 11) is 0. The maximum atomic E-state index is 5.50. The molecular weight excluding hydrogens is 348 g/mol. The number of pyridine rings is 1. The lowest BCUT2D eigenvalue weighted by Crippen LogP contribution is -2.17. The Morgan fingerprint density at radius 1 is 1.35 bits per heavy atom. The second kappa shape index (κ2) is 5.80. The van der Waals surface area contributed by atoms with E-state index in [0.29, 0.717) is 6.54 Å². The molecule has 0 spiro atoms. The van der Waals surface area contributed by atoms with Gasteiger partial charge in [0, 0.05) is 18.4 Å². The van der Waals surface area contributed by atoms with Gasteiger partial charge in [0.2, 0.25) is 0 Å². The Balaban J connectivity index is 1.94. The highest BCUT2D eigenvalue weighted by Crippen LogP contribution is 2.26. The highest BCUT2D eigenvalue weighted by atomic mass is 79.9. The number of hydrogen-bond acceptors (Lipinski definition) is 3. The summed E-state index contributed by atoms with van der Waals surface area (Å²) in [6.45, 7) is 2.80. The fourth-order valence-corrected chi connectivity index (χ4v) is 2.16. The van der Waals surface area contributed by atoms with Crippen LogP contribution in [0, 0.1) is 0 Å². The standard InChI is InChI=1S/C12H12Br2N2O/c1-8(9-2-4-15-5-3-9)16-7-10-6-11(13)12(14)17-10/h2-6,8,16H,7H2,1H3. The van der Waals surface area contributed by atoms with Gasteiger partial charge in [0.15, 0.2) is 4.67 Å². The van der Waals surface area contributed by atoms with Crippen LogP contribution in [0.2, 0.25) is 0 Å². The van der Waals surface area contributed by atoms with Gasteiger partial charge in [0.05, 0.1) is 11.0 Å². The SMILES string of the molecule is CC(NCc1cc(Br)c(Br)o1)c1ccncc1. The van der Waals surface area contributed by atoms with E-state index in [9.17, 15) is 0 Å². The molecule has 0 saturated carbocycles. The fourth-order valence-electron chi connectivity index (χ4n) is 1.50. The van der Waals surface area contributed by atoms with E-state index in [0.717, 1.165) is 14.9 Å². The summed E-state index contributed by atoms with van der Waals surface area (Å²) in [6.07, 6.45) is 3.60. The Hall–Kier alpha value is -0.650. The first-order chi connectivity index (χ1) is 8.16. The van der Waals surface area contributed by atoms with Crippen LogP contribution in [-0.4, -0.2) is 4.98 Å². The Morgan fingerprint density at radius 2 is 2.06 bits per heavy atom. The van der Waals surface area contributed by atoms with E-state index in [-0.39, 0.29) is 6.04 Å². The van der Waals surface area contributed by atoms with Crippen LogP contribution in [0.5, 0.6) is 0 Å². The number of nitrogens with one attached hydrogen (secondary N) is 1. The molecule has 1 unspecified atom stereocenters. The number of hydrogen-bond donors (Lipinski definition) is 1. The minimum Gasteiger partial charge on any atom is -0.452 e. The average molecular weight is 360 g/mol. The minimum absolute atomic E-state index is 0.264. The largest absolute Gasteiger partial charge is 0.452 e. The van der Waals surface area contributed by atoms with Gasteiger partial charge in [-0.15, -0.1) is 0 Å². The third-order valence-corrected chi connectivity index (χ3v) is 4.19. The Bertz CT molecular complexity index is 465. The molecule has 0 aliphatic heterocycles. The van der Waals surface area contributed by atoms with Crippen molar-refractivity contribution in [2.75, 3.05) is 0 Å². The van der Waals surface area contributed by atoms with Gasteiger partial charge in [-0.2, -0.15) is 0 Å². The Kier molecular flexibility index (Phi) is 4.36. The normalized spacial score (nSPS) is 12.6. The smallest absolute Gasteiger partial charge is 0.183 e. The monoisotopic (exact) mass is 358 g/mol. The van der Waals surface area contributed by atoms with Gasteiger partial charge in [0.1, 0.15) is 5.76 Å². The molecule has 0 radical (unpaired) electrons. The van der Waals surface area contributed by atoms with Gasteiger partial charge in [-0.25, -0.2) is 0 Å². The van der Waals surface area contributed by atoms with E-state index >= 15 is 0 Å². The molecule has 90 valence electrons. The van der Waals surface area contributed by atoms with Gasteiger partial charge in [-0.1, -0.05) is 0 Å². The topological polar surface area (TPSA) is 38.1 Å². The molecule has 0 fully saturated rings. The van der Waals surface area contributed by atoms with E-state index in [2.05, 4.69) is 49.1 Å². The highest BCUT2D eigenvalue weighted by Gasteiger charge is 2.08. The highest BCUT2D eigenvalue weighted by molar-refractivity contribution is 9.13. The Labute approximate surface area is 117 Å². The molecule has 0 bridgehead atoms. The lowest BCUT2D eigenvalue weighted by atomic mass is 10.1. The predicted molar refractivity (Wildman–Crippen MR) is 73.6 cm³/mol. The summed E-state index contributed by atoms with van der Waals surface area (Å²) in [5.41, 5.74) is 1.21. The number of nitrogens with zero attached hydrogens (tertiary/aromatic N) is 1. The second-order valence-electron chi connectivity index (χ2n) is 3.72. The van der Waals surface area contributed by atoms with Crippen molar-refractivity contribution < 1.29 is 4.42 Å². The zero-order chi connectivity index (χ0) is 12.3. The van der Waals surface area contributed by atoms with E-state index in [1.54, 1.807) is 12.4 Å². The van der Waals surface area contributed by atoms with Crippen LogP contribution in [0.1, 0.15) is 24.3 Å². The molecule has 0 aliphatic carbocycles. The van der Waals surface area contributed by atoms with Crippen LogP contribution in [0.3, 0.4) is 0 Å². The molecule has 2 aromatic heterocycles. The molecule has 1 atom stereocenters. The summed E-state index contributed by atoms with van der Waals surface area (Å²) in [6, 6.07) is 6.23. The molecule has 2 rings (SSSR count). The van der Waals surface area contributed by atoms with Crippen molar-refractivity contribution in [3.05, 3.63) is 51.1 Å². The number of halogens is 2. The zero-order valence-corrected chi connectivity index (χ0v) is 12.5. The van der Waals surface area contributed by atoms with E-state index in [4.69, 9.17) is 4.42 Å². The quantitative estimate of drug-likeness (QED) is 0.894. The molecular formula is C12H12Br2N2O. The third-order valence-electron chi connectivity index (χ3n) is 2.48. The lowest BCUT2D eigenvalue weighted by Gasteiger charge is -2.12. The first kappa shape index (κ1) is 12.8. The van der Waals surface area contributed by atoms with Gasteiger partial charge < -0.3 is 9.73 Å². The first-order valence-electron chi connectivity index (χ1n) is 5.24. The third kappa shape index (κ3) is 3.40. The summed E-state index contributed by atoms with van der Waals surface area (Å²) in [5, 5.41) is 3.39. The van der Waals surface area contributed by atoms with Crippen molar-refractivity contribution in [3.8, 4) is 0 Å². The summed E-state index contributed by atoms with van der Waals surface area (Å²) < 4.78 is 7.16. The van der Waals surface area contributed by atoms with Crippen molar-refractivity contribution in [1.29, 1.82) is 0 Å². The van der Waals surface area contributed by atoms with Crippen molar-refractivity contribution in [2.45, 2.75) is 19.5 Å². The molecule has 0 amide bonds. The summed E-state index contributed by atoms with van der Waals surface area (Å²) >= 11 is 6.71. The number of furan rings is 1. The second-order valence-corrected chi connectivity index (χ2v) is 5.29. The van der Waals surface area contributed by atoms with Crippen LogP contribution < -0.4 is 5.32 Å². The Morgan fingerprint density at radius 3 is 2.65 bits per heavy atom. The zero-order valence-electron chi connectivity index (χ0n) is 9.28. The van der Waals surface area contributed by atoms with Crippen molar-refractivity contribution in [2.24, 2.45) is 0 Å². The van der Waals surface area contributed by atoms with Gasteiger partial charge in [-0.05, 0) is 62.5 Å². The van der Waals surface area contributed by atoms with Crippen molar-refractivity contribution in [1.82, 2.24) is 10.3 Å². The molecule has 0 aromatic carbocycles. The maximum absolute atomic E-state index is 5.50. The molecule has 1 N–H and O–H groups in total. The molecule has 5 heteroatoms. The van der Waals surface area contributed by atoms with Gasteiger partial charge >= 0.3 is 0 Å². The number of aromatic nitrogens is 1. The average Bonchev–Trinajstić information content (AvgIpc) is 2.67. The van der Waals surface area contributed by atoms with Crippen LogP contribution in [0.4, 0.5) is 0 Å². The lowest BCUT2D eigenvalue weighted by molar-refractivity contribution is 0.446. The van der Waals surface area contributed by atoms with E-state index < -0.39 is 0 Å². The molecule has 3 nitrogen and oxygen atoms in total. The molecule has 2 heterocycles. The summed E-state index contributed by atoms with van der Waals surface area (Å²) in [5.74, 6) is 0.893. The molecule has 2 aromatic rings. The molecule has 0 saturated heterocycles. The van der Waals surface area contributed by atoms with Crippen LogP contribution in [0.15, 0.2) is 44.2 Å². The van der Waals surface area contributed by atoms with Crippen molar-refractivity contribution in [3.63, 3.8) is 0 Å². The maximum Gasteiger partial charge on any atom is 0.183 e. The fraction of sp³-hybridized carbons (Fsp3) is 0.250. The van der Waals surface area contributed by atoms with Gasteiger partial charge in [-0.3, -0.25) is 4.98 Å². The van der Waals surface area contributed by atoms with E-state index in [1.807, 2.05) is 18.2 Å². The first-order valence-corrected chi connectivity index (χ1v) is 6.82. The van der Waals surface area contributed by atoms with Crippen LogP contribution >= 0.6 is 31.9 Å². The molecule has 17 heavy (non-hydrogen) atoms. The summed E-state index contributed by atoms with van der Waals surface area (Å²) in [4.78, 5) is 4.00. The minimum atomic E-state index is 0.264.